The molecule has 1 fully saturated rings. The van der Waals surface area contributed by atoms with Crippen LogP contribution in [0.2, 0.25) is 0 Å². The molecule has 1 saturated heterocycles. The molecule has 1 aliphatic rings. The minimum absolute atomic E-state index is 0.0279. The number of carbonyl (C=O) groups is 1. The molecule has 160 valence electrons. The summed E-state index contributed by atoms with van der Waals surface area (Å²) >= 11 is 0. The van der Waals surface area contributed by atoms with Crippen LogP contribution in [-0.4, -0.2) is 41.7 Å². The van der Waals surface area contributed by atoms with Crippen LogP contribution in [0.5, 0.6) is 0 Å². The zero-order valence-electron chi connectivity index (χ0n) is 18.3. The summed E-state index contributed by atoms with van der Waals surface area (Å²) in [7, 11) is 0. The van der Waals surface area contributed by atoms with E-state index in [4.69, 9.17) is 5.10 Å². The Morgan fingerprint density at radius 3 is 2.87 bits per heavy atom. The van der Waals surface area contributed by atoms with Gasteiger partial charge in [0.25, 0.3) is 0 Å². The number of fused-ring (bicyclic) bond motifs is 2. The summed E-state index contributed by atoms with van der Waals surface area (Å²) in [5.74, 6) is 0.162. The van der Waals surface area contributed by atoms with Gasteiger partial charge < -0.3 is 4.90 Å². The van der Waals surface area contributed by atoms with Gasteiger partial charge in [0.15, 0.2) is 5.65 Å². The zero-order valence-corrected chi connectivity index (χ0v) is 18.3. The second-order valence-electron chi connectivity index (χ2n) is 9.34. The van der Waals surface area contributed by atoms with E-state index in [0.29, 0.717) is 13.0 Å². The third-order valence-electron chi connectivity index (χ3n) is 6.16. The van der Waals surface area contributed by atoms with Gasteiger partial charge in [-0.2, -0.15) is 10.2 Å². The molecule has 1 amide bonds. The number of carbonyl (C=O) groups excluding carboxylic acids is 1. The highest BCUT2D eigenvalue weighted by atomic mass is 16.2. The summed E-state index contributed by atoms with van der Waals surface area (Å²) in [5, 5.41) is 10.4. The van der Waals surface area contributed by atoms with Gasteiger partial charge in [-0.05, 0) is 25.0 Å². The molecule has 1 aliphatic heterocycles. The first-order chi connectivity index (χ1) is 14.9. The molecule has 7 nitrogen and oxygen atoms in total. The summed E-state index contributed by atoms with van der Waals surface area (Å²) in [6.45, 7) is 7.81. The van der Waals surface area contributed by atoms with E-state index in [9.17, 15) is 4.79 Å². The molecule has 4 aromatic rings. The molecule has 31 heavy (non-hydrogen) atoms. The van der Waals surface area contributed by atoms with E-state index in [1.165, 1.54) is 0 Å². The minimum atomic E-state index is -0.0529. The van der Waals surface area contributed by atoms with E-state index in [1.54, 1.807) is 0 Å². The van der Waals surface area contributed by atoms with Crippen LogP contribution in [0, 0.1) is 0 Å². The molecular weight excluding hydrogens is 388 g/mol. The highest BCUT2D eigenvalue weighted by molar-refractivity contribution is 5.79. The number of rotatable bonds is 4. The fourth-order valence-corrected chi connectivity index (χ4v) is 4.45. The first-order valence-corrected chi connectivity index (χ1v) is 11.0. The van der Waals surface area contributed by atoms with Gasteiger partial charge in [0, 0.05) is 36.0 Å². The van der Waals surface area contributed by atoms with Crippen LogP contribution in [0.1, 0.15) is 57.5 Å². The predicted octanol–water partition coefficient (Wildman–Crippen LogP) is 4.13. The molecule has 7 heteroatoms. The van der Waals surface area contributed by atoms with Crippen LogP contribution >= 0.6 is 0 Å². The number of nitrogens with zero attached hydrogens (tertiary/aromatic N) is 6. The van der Waals surface area contributed by atoms with Crippen molar-refractivity contribution in [3.05, 3.63) is 60.2 Å². The SMILES string of the molecule is CC(C)(C)c1cc2nccc(C3CCCN3C(=O)CCn3ncc4ccccc43)n2n1. The topological polar surface area (TPSA) is 68.3 Å². The third kappa shape index (κ3) is 3.58. The molecule has 3 aromatic heterocycles. The Balaban J connectivity index is 1.38. The zero-order chi connectivity index (χ0) is 21.6. The summed E-state index contributed by atoms with van der Waals surface area (Å²) in [5.41, 5.74) is 3.90. The first-order valence-electron chi connectivity index (χ1n) is 11.0. The normalized spacial score (nSPS) is 17.1. The van der Waals surface area contributed by atoms with Crippen molar-refractivity contribution in [2.24, 2.45) is 0 Å². The molecule has 0 aliphatic carbocycles. The average Bonchev–Trinajstić information content (AvgIpc) is 3.49. The quantitative estimate of drug-likeness (QED) is 0.502. The van der Waals surface area contributed by atoms with E-state index in [2.05, 4.69) is 30.9 Å². The number of aromatic nitrogens is 5. The molecule has 0 N–H and O–H groups in total. The molecule has 0 radical (unpaired) electrons. The maximum atomic E-state index is 13.2. The maximum Gasteiger partial charge on any atom is 0.225 e. The first kappa shape index (κ1) is 19.7. The van der Waals surface area contributed by atoms with Crippen molar-refractivity contribution in [2.45, 2.75) is 58.0 Å². The van der Waals surface area contributed by atoms with Gasteiger partial charge in [-0.1, -0.05) is 39.0 Å². The number of para-hydroxylation sites is 1. The molecule has 1 atom stereocenters. The molecule has 1 unspecified atom stereocenters. The largest absolute Gasteiger partial charge is 0.334 e. The smallest absolute Gasteiger partial charge is 0.225 e. The van der Waals surface area contributed by atoms with E-state index in [0.717, 1.165) is 47.3 Å². The Hall–Kier alpha value is -3.22. The van der Waals surface area contributed by atoms with Crippen molar-refractivity contribution >= 4 is 22.5 Å². The van der Waals surface area contributed by atoms with Gasteiger partial charge in [-0.15, -0.1) is 0 Å². The number of aryl methyl sites for hydroxylation is 1. The lowest BCUT2D eigenvalue weighted by atomic mass is 9.93. The van der Waals surface area contributed by atoms with Crippen molar-refractivity contribution in [3.8, 4) is 0 Å². The molecule has 5 rings (SSSR count). The minimum Gasteiger partial charge on any atom is -0.334 e. The standard InChI is InChI=1S/C24H28N6O/c1-24(2,3)21-15-22-25-12-10-20(30(22)27-21)19-9-6-13-28(19)23(31)11-14-29-18-8-5-4-7-17(18)16-26-29/h4-5,7-8,10,12,15-16,19H,6,9,11,13-14H2,1-3H3. The number of likely N-dealkylation sites (tertiary alicyclic amines) is 1. The fraction of sp³-hybridized carbons (Fsp3) is 0.417. The molecule has 0 saturated carbocycles. The van der Waals surface area contributed by atoms with Gasteiger partial charge in [0.1, 0.15) is 0 Å². The summed E-state index contributed by atoms with van der Waals surface area (Å²) in [6.07, 6.45) is 6.06. The van der Waals surface area contributed by atoms with Gasteiger partial charge in [0.2, 0.25) is 5.91 Å². The Kier molecular flexibility index (Phi) is 4.76. The predicted molar refractivity (Wildman–Crippen MR) is 120 cm³/mol. The van der Waals surface area contributed by atoms with Gasteiger partial charge >= 0.3 is 0 Å². The van der Waals surface area contributed by atoms with Gasteiger partial charge in [-0.3, -0.25) is 9.48 Å². The van der Waals surface area contributed by atoms with Crippen molar-refractivity contribution < 1.29 is 4.79 Å². The van der Waals surface area contributed by atoms with E-state index >= 15 is 0 Å². The summed E-state index contributed by atoms with van der Waals surface area (Å²) in [6, 6.07) is 12.2. The second-order valence-corrected chi connectivity index (χ2v) is 9.34. The summed E-state index contributed by atoms with van der Waals surface area (Å²) in [4.78, 5) is 19.7. The average molecular weight is 417 g/mol. The van der Waals surface area contributed by atoms with Crippen molar-refractivity contribution in [3.63, 3.8) is 0 Å². The van der Waals surface area contributed by atoms with Crippen LogP contribution in [0.15, 0.2) is 48.8 Å². The van der Waals surface area contributed by atoms with Crippen molar-refractivity contribution in [1.29, 1.82) is 0 Å². The van der Waals surface area contributed by atoms with Crippen LogP contribution in [0.25, 0.3) is 16.6 Å². The molecule has 1 aromatic carbocycles. The Labute approximate surface area is 181 Å². The fourth-order valence-electron chi connectivity index (χ4n) is 4.45. The molecule has 0 spiro atoms. The van der Waals surface area contributed by atoms with E-state index in [1.807, 2.05) is 62.9 Å². The van der Waals surface area contributed by atoms with Crippen molar-refractivity contribution in [1.82, 2.24) is 29.3 Å². The Morgan fingerprint density at radius 2 is 2.03 bits per heavy atom. The van der Waals surface area contributed by atoms with Crippen LogP contribution in [-0.2, 0) is 16.8 Å². The molecule has 0 bridgehead atoms. The highest BCUT2D eigenvalue weighted by Gasteiger charge is 2.32. The Morgan fingerprint density at radius 1 is 1.19 bits per heavy atom. The highest BCUT2D eigenvalue weighted by Crippen LogP contribution is 2.33. The van der Waals surface area contributed by atoms with Gasteiger partial charge in [0.05, 0.1) is 35.7 Å². The van der Waals surface area contributed by atoms with Crippen LogP contribution < -0.4 is 0 Å². The Bertz CT molecular complexity index is 1250. The maximum absolute atomic E-state index is 13.2. The lowest BCUT2D eigenvalue weighted by molar-refractivity contribution is -0.132. The van der Waals surface area contributed by atoms with Crippen LogP contribution in [0.3, 0.4) is 0 Å². The van der Waals surface area contributed by atoms with Crippen molar-refractivity contribution in [2.75, 3.05) is 6.54 Å². The van der Waals surface area contributed by atoms with E-state index < -0.39 is 0 Å². The summed E-state index contributed by atoms with van der Waals surface area (Å²) < 4.78 is 3.85. The number of benzene rings is 1. The molecular formula is C24H28N6O. The molecule has 4 heterocycles. The number of amides is 1. The van der Waals surface area contributed by atoms with E-state index in [-0.39, 0.29) is 17.4 Å². The number of hydrogen-bond donors (Lipinski definition) is 0. The van der Waals surface area contributed by atoms with Gasteiger partial charge in [-0.25, -0.2) is 9.50 Å². The number of hydrogen-bond acceptors (Lipinski definition) is 4. The second kappa shape index (κ2) is 7.48. The third-order valence-corrected chi connectivity index (χ3v) is 6.16. The lowest BCUT2D eigenvalue weighted by Crippen LogP contribution is -2.32. The van der Waals surface area contributed by atoms with Crippen LogP contribution in [0.4, 0.5) is 0 Å². The lowest BCUT2D eigenvalue weighted by Gasteiger charge is -2.25. The monoisotopic (exact) mass is 416 g/mol.